The molecule has 78 valence electrons. The highest BCUT2D eigenvalue weighted by molar-refractivity contribution is 7.95. The van der Waals surface area contributed by atoms with Crippen molar-refractivity contribution in [2.45, 2.75) is 4.21 Å². The molecular weight excluding hydrogens is 220 g/mol. The predicted molar refractivity (Wildman–Crippen MR) is 62.1 cm³/mol. The lowest BCUT2D eigenvalue weighted by Crippen LogP contribution is -1.56. The van der Waals surface area contributed by atoms with Gasteiger partial charge in [-0.3, -0.25) is 0 Å². The average Bonchev–Trinajstić information content (AvgIpc) is 2.63. The van der Waals surface area contributed by atoms with Gasteiger partial charge in [-0.25, -0.2) is 0 Å². The van der Waals surface area contributed by atoms with Crippen molar-refractivity contribution in [2.75, 3.05) is 7.11 Å². The Labute approximate surface area is 90.5 Å². The van der Waals surface area contributed by atoms with Crippen LogP contribution < -0.4 is 0 Å². The highest BCUT2D eigenvalue weighted by Gasteiger charge is 1.98. The van der Waals surface area contributed by atoms with Gasteiger partial charge in [0.1, 0.15) is 0 Å². The second-order valence-electron chi connectivity index (χ2n) is 2.19. The van der Waals surface area contributed by atoms with E-state index in [9.17, 15) is 0 Å². The van der Waals surface area contributed by atoms with Gasteiger partial charge in [-0.1, -0.05) is 18.2 Å². The van der Waals surface area contributed by atoms with Gasteiger partial charge in [-0.15, -0.1) is 11.3 Å². The molecule has 0 bridgehead atoms. The van der Waals surface area contributed by atoms with Crippen LogP contribution in [0.5, 0.6) is 0 Å². The van der Waals surface area contributed by atoms with E-state index in [0.29, 0.717) is 0 Å². The number of aliphatic hydroxyl groups excluding tert-OH is 1. The molecule has 5 heteroatoms. The maximum Gasteiger partial charge on any atom is 0.0886 e. The number of hydrogen-bond acceptors (Lipinski definition) is 4. The zero-order chi connectivity index (χ0) is 9.68. The Morgan fingerprint density at radius 3 is 2.43 bits per heavy atom. The van der Waals surface area contributed by atoms with E-state index in [2.05, 4.69) is 6.07 Å². The summed E-state index contributed by atoms with van der Waals surface area (Å²) in [7, 11) is 1.00. The molecule has 4 N–H and O–H groups in total. The van der Waals surface area contributed by atoms with E-state index >= 15 is 0 Å². The highest BCUT2D eigenvalue weighted by Crippen LogP contribution is 2.30. The average molecular weight is 232 g/mol. The molecule has 1 aromatic heterocycles. The number of hydrogen-bond donors (Lipinski definition) is 2. The number of fused-ring (bicyclic) bond motifs is 1. The fourth-order valence-electron chi connectivity index (χ4n) is 1.00. The molecule has 0 aliphatic carbocycles. The molecule has 1 heterocycles. The Morgan fingerprint density at radius 1 is 1.21 bits per heavy atom. The van der Waals surface area contributed by atoms with Crippen LogP contribution >= 0.6 is 23.4 Å². The fraction of sp³-hybridized carbons (Fsp3) is 0.111. The summed E-state index contributed by atoms with van der Waals surface area (Å²) >= 11 is 2.42. The number of thiophene rings is 1. The van der Waals surface area contributed by atoms with Crippen LogP contribution in [0.1, 0.15) is 0 Å². The summed E-state index contributed by atoms with van der Waals surface area (Å²) in [5.74, 6) is 0. The molecule has 1 aromatic carbocycles. The molecule has 0 aliphatic rings. The standard InChI is InChI=1S/C8H6OS2.CH4O.H2O/c9-11-8-5-6-3-1-2-4-7(6)10-8;1-2;/h1-5,9H;2H,1H3;1H2. The lowest BCUT2D eigenvalue weighted by atomic mass is 10.3. The van der Waals surface area contributed by atoms with Crippen molar-refractivity contribution in [1.29, 1.82) is 0 Å². The molecule has 0 fully saturated rings. The molecule has 0 unspecified atom stereocenters. The van der Waals surface area contributed by atoms with Gasteiger partial charge in [0.2, 0.25) is 0 Å². The monoisotopic (exact) mass is 232 g/mol. The third kappa shape index (κ3) is 2.97. The maximum atomic E-state index is 8.77. The van der Waals surface area contributed by atoms with E-state index in [1.165, 1.54) is 10.1 Å². The molecule has 3 nitrogen and oxygen atoms in total. The largest absolute Gasteiger partial charge is 0.412 e. The van der Waals surface area contributed by atoms with Crippen LogP contribution in [0.4, 0.5) is 0 Å². The third-order valence-electron chi connectivity index (χ3n) is 1.49. The molecule has 0 spiro atoms. The van der Waals surface area contributed by atoms with Gasteiger partial charge in [0.25, 0.3) is 0 Å². The number of aliphatic hydroxyl groups is 1. The molecule has 0 saturated carbocycles. The summed E-state index contributed by atoms with van der Waals surface area (Å²) in [5.41, 5.74) is 0. The van der Waals surface area contributed by atoms with E-state index in [4.69, 9.17) is 9.66 Å². The molecule has 0 radical (unpaired) electrons. The lowest BCUT2D eigenvalue weighted by Gasteiger charge is -1.82. The minimum absolute atomic E-state index is 0. The van der Waals surface area contributed by atoms with E-state index in [0.717, 1.165) is 23.4 Å². The summed E-state index contributed by atoms with van der Waals surface area (Å²) in [6.07, 6.45) is 0. The summed E-state index contributed by atoms with van der Waals surface area (Å²) in [6.45, 7) is 0. The van der Waals surface area contributed by atoms with Crippen LogP contribution in [0.2, 0.25) is 0 Å². The van der Waals surface area contributed by atoms with Crippen molar-refractivity contribution in [3.63, 3.8) is 0 Å². The van der Waals surface area contributed by atoms with Crippen molar-refractivity contribution in [3.8, 4) is 0 Å². The highest BCUT2D eigenvalue weighted by atomic mass is 32.2. The second-order valence-corrected chi connectivity index (χ2v) is 4.16. The van der Waals surface area contributed by atoms with Gasteiger partial charge in [-0.05, 0) is 17.5 Å². The van der Waals surface area contributed by atoms with E-state index in [1.54, 1.807) is 11.3 Å². The molecule has 0 saturated heterocycles. The first kappa shape index (κ1) is 13.4. The Kier molecular flexibility index (Phi) is 6.52. The minimum Gasteiger partial charge on any atom is -0.412 e. The second kappa shape index (κ2) is 6.80. The SMILES string of the molecule is CO.O.OSc1cc2ccccc2s1. The Balaban J connectivity index is 0.000000531. The quantitative estimate of drug-likeness (QED) is 0.741. The molecule has 0 atom stereocenters. The van der Waals surface area contributed by atoms with Crippen LogP contribution in [0, 0.1) is 0 Å². The third-order valence-corrected chi connectivity index (χ3v) is 3.18. The first-order chi connectivity index (χ1) is 6.40. The Hall–Kier alpha value is -0.590. The number of benzene rings is 1. The van der Waals surface area contributed by atoms with Crippen LogP contribution in [0.25, 0.3) is 10.1 Å². The Bertz CT molecular complexity index is 340. The Morgan fingerprint density at radius 2 is 1.86 bits per heavy atom. The molecule has 0 amide bonds. The van der Waals surface area contributed by atoms with Crippen LogP contribution in [-0.4, -0.2) is 22.2 Å². The van der Waals surface area contributed by atoms with Gasteiger partial charge in [0, 0.05) is 23.9 Å². The topological polar surface area (TPSA) is 72.0 Å². The van der Waals surface area contributed by atoms with Crippen LogP contribution in [0.3, 0.4) is 0 Å². The lowest BCUT2D eigenvalue weighted by molar-refractivity contribution is 0.399. The summed E-state index contributed by atoms with van der Waals surface area (Å²) in [6, 6.07) is 10.1. The van der Waals surface area contributed by atoms with Gasteiger partial charge in [0.15, 0.2) is 0 Å². The van der Waals surface area contributed by atoms with Gasteiger partial charge >= 0.3 is 0 Å². The van der Waals surface area contributed by atoms with Crippen LogP contribution in [-0.2, 0) is 0 Å². The summed E-state index contributed by atoms with van der Waals surface area (Å²) < 4.78 is 10.9. The van der Waals surface area contributed by atoms with Crippen molar-refractivity contribution in [1.82, 2.24) is 0 Å². The maximum absolute atomic E-state index is 8.77. The van der Waals surface area contributed by atoms with Crippen LogP contribution in [0.15, 0.2) is 34.5 Å². The van der Waals surface area contributed by atoms with E-state index in [-0.39, 0.29) is 5.48 Å². The van der Waals surface area contributed by atoms with Crippen molar-refractivity contribution in [3.05, 3.63) is 30.3 Å². The van der Waals surface area contributed by atoms with Crippen molar-refractivity contribution >= 4 is 33.5 Å². The normalized spacial score (nSPS) is 8.79. The fourth-order valence-corrected chi connectivity index (χ4v) is 2.39. The first-order valence-corrected chi connectivity index (χ1v) is 5.24. The van der Waals surface area contributed by atoms with Gasteiger partial charge in [-0.2, -0.15) is 0 Å². The molecule has 2 rings (SSSR count). The first-order valence-electron chi connectivity index (χ1n) is 3.65. The molecular formula is C9H12O3S2. The van der Waals surface area contributed by atoms with Crippen molar-refractivity contribution < 1.29 is 15.1 Å². The minimum atomic E-state index is 0. The zero-order valence-electron chi connectivity index (χ0n) is 7.60. The smallest absolute Gasteiger partial charge is 0.0886 e. The molecule has 2 aromatic rings. The number of rotatable bonds is 1. The van der Waals surface area contributed by atoms with E-state index in [1.807, 2.05) is 24.3 Å². The zero-order valence-corrected chi connectivity index (χ0v) is 9.23. The summed E-state index contributed by atoms with van der Waals surface area (Å²) in [5, 5.41) is 8.20. The van der Waals surface area contributed by atoms with Gasteiger partial charge < -0.3 is 15.1 Å². The predicted octanol–water partition coefficient (Wildman–Crippen LogP) is 2.25. The van der Waals surface area contributed by atoms with Crippen molar-refractivity contribution in [2.24, 2.45) is 0 Å². The molecule has 0 aliphatic heterocycles. The molecule has 14 heavy (non-hydrogen) atoms. The summed E-state index contributed by atoms with van der Waals surface area (Å²) in [4.78, 5) is 0. The van der Waals surface area contributed by atoms with Gasteiger partial charge in [0.05, 0.1) is 4.21 Å². The van der Waals surface area contributed by atoms with E-state index < -0.39 is 0 Å².